The molecule has 20 heavy (non-hydrogen) atoms. The van der Waals surface area contributed by atoms with E-state index in [4.69, 9.17) is 5.73 Å². The smallest absolute Gasteiger partial charge is 0.364 e. The molecule has 0 bridgehead atoms. The van der Waals surface area contributed by atoms with Crippen LogP contribution in [0.3, 0.4) is 0 Å². The van der Waals surface area contributed by atoms with Crippen LogP contribution >= 0.6 is 0 Å². The maximum Gasteiger partial charge on any atom is 0.416 e. The van der Waals surface area contributed by atoms with Crippen molar-refractivity contribution < 1.29 is 18.1 Å². The molecule has 0 spiro atoms. The number of halogens is 3. The molecular formula is C12H14F3N3O2. The second-order valence-corrected chi connectivity index (χ2v) is 5.00. The molecule has 1 aromatic carbocycles. The van der Waals surface area contributed by atoms with Crippen LogP contribution in [0.25, 0.3) is 0 Å². The predicted molar refractivity (Wildman–Crippen MR) is 67.5 cm³/mol. The summed E-state index contributed by atoms with van der Waals surface area (Å²) in [4.78, 5) is 11.9. The molecule has 110 valence electrons. The van der Waals surface area contributed by atoms with Gasteiger partial charge in [0.15, 0.2) is 0 Å². The molecule has 0 aromatic heterocycles. The van der Waals surface area contributed by atoms with Gasteiger partial charge in [0.25, 0.3) is 5.69 Å². The van der Waals surface area contributed by atoms with Crippen LogP contribution in [0.2, 0.25) is 0 Å². The van der Waals surface area contributed by atoms with Crippen molar-refractivity contribution in [3.05, 3.63) is 33.9 Å². The molecule has 0 aliphatic carbocycles. The number of hydrogen-bond acceptors (Lipinski definition) is 4. The van der Waals surface area contributed by atoms with Gasteiger partial charge < -0.3 is 10.6 Å². The molecule has 1 aliphatic rings. The van der Waals surface area contributed by atoms with Gasteiger partial charge in [-0.25, -0.2) is 0 Å². The minimum atomic E-state index is -4.60. The molecular weight excluding hydrogens is 275 g/mol. The normalized spacial score (nSPS) is 23.1. The number of anilines is 1. The molecule has 1 heterocycles. The maximum atomic E-state index is 12.6. The first-order valence-electron chi connectivity index (χ1n) is 6.06. The fraction of sp³-hybridized carbons (Fsp3) is 0.500. The topological polar surface area (TPSA) is 72.4 Å². The number of nitro groups is 1. The minimum Gasteiger partial charge on any atom is -0.364 e. The molecule has 2 atom stereocenters. The van der Waals surface area contributed by atoms with Crippen molar-refractivity contribution in [3.8, 4) is 0 Å². The van der Waals surface area contributed by atoms with Gasteiger partial charge in [0, 0.05) is 25.2 Å². The SMILES string of the molecule is CC1CN(c2ccc(C(F)(F)F)cc2[N+](=O)[O-])CC1N. The average Bonchev–Trinajstić information content (AvgIpc) is 2.67. The van der Waals surface area contributed by atoms with Crippen molar-refractivity contribution in [2.45, 2.75) is 19.1 Å². The van der Waals surface area contributed by atoms with Crippen LogP contribution in [0, 0.1) is 16.0 Å². The van der Waals surface area contributed by atoms with E-state index in [1.54, 1.807) is 4.90 Å². The molecule has 1 aliphatic heterocycles. The van der Waals surface area contributed by atoms with E-state index < -0.39 is 22.4 Å². The number of rotatable bonds is 2. The Kier molecular flexibility index (Phi) is 3.59. The lowest BCUT2D eigenvalue weighted by atomic mass is 10.1. The van der Waals surface area contributed by atoms with Crippen molar-refractivity contribution >= 4 is 11.4 Å². The lowest BCUT2D eigenvalue weighted by molar-refractivity contribution is -0.384. The summed E-state index contributed by atoms with van der Waals surface area (Å²) in [6.07, 6.45) is -4.60. The molecule has 0 saturated carbocycles. The standard InChI is InChI=1S/C12H14F3N3O2/c1-7-5-17(6-9(7)16)10-3-2-8(12(13,14)15)4-11(10)18(19)20/h2-4,7,9H,5-6,16H2,1H3. The van der Waals surface area contributed by atoms with Gasteiger partial charge in [-0.3, -0.25) is 10.1 Å². The predicted octanol–water partition coefficient (Wildman–Crippen LogP) is 2.40. The monoisotopic (exact) mass is 289 g/mol. The van der Waals surface area contributed by atoms with Crippen LogP contribution < -0.4 is 10.6 Å². The number of alkyl halides is 3. The summed E-state index contributed by atoms with van der Waals surface area (Å²) >= 11 is 0. The maximum absolute atomic E-state index is 12.6. The highest BCUT2D eigenvalue weighted by atomic mass is 19.4. The molecule has 0 amide bonds. The quantitative estimate of drug-likeness (QED) is 0.670. The second-order valence-electron chi connectivity index (χ2n) is 5.00. The van der Waals surface area contributed by atoms with Crippen molar-refractivity contribution in [2.24, 2.45) is 11.7 Å². The Bertz CT molecular complexity index is 523. The first kappa shape index (κ1) is 14.6. The first-order valence-corrected chi connectivity index (χ1v) is 6.06. The van der Waals surface area contributed by atoms with E-state index in [0.29, 0.717) is 19.2 Å². The summed E-state index contributed by atoms with van der Waals surface area (Å²) in [5.74, 6) is 0.136. The highest BCUT2D eigenvalue weighted by molar-refractivity contribution is 5.65. The third-order valence-corrected chi connectivity index (χ3v) is 3.51. The largest absolute Gasteiger partial charge is 0.416 e. The second kappa shape index (κ2) is 4.93. The van der Waals surface area contributed by atoms with E-state index in [1.165, 1.54) is 0 Å². The minimum absolute atomic E-state index is 0.136. The van der Waals surface area contributed by atoms with Gasteiger partial charge in [0.2, 0.25) is 0 Å². The highest BCUT2D eigenvalue weighted by Crippen LogP contribution is 2.37. The van der Waals surface area contributed by atoms with Gasteiger partial charge in [0.1, 0.15) is 5.69 Å². The van der Waals surface area contributed by atoms with E-state index in [2.05, 4.69) is 0 Å². The molecule has 1 saturated heterocycles. The van der Waals surface area contributed by atoms with Gasteiger partial charge in [-0.2, -0.15) is 13.2 Å². The average molecular weight is 289 g/mol. The molecule has 8 heteroatoms. The van der Waals surface area contributed by atoms with Crippen LogP contribution in [-0.4, -0.2) is 24.1 Å². The summed E-state index contributed by atoms with van der Waals surface area (Å²) in [5.41, 5.74) is 4.46. The molecule has 1 aromatic rings. The first-order chi connectivity index (χ1) is 9.20. The van der Waals surface area contributed by atoms with Crippen LogP contribution in [0.1, 0.15) is 12.5 Å². The summed E-state index contributed by atoms with van der Waals surface area (Å²) in [6.45, 7) is 2.79. The number of nitro benzene ring substituents is 1. The fourth-order valence-corrected chi connectivity index (χ4v) is 2.30. The lowest BCUT2D eigenvalue weighted by Gasteiger charge is -2.19. The van der Waals surface area contributed by atoms with Crippen LogP contribution in [0.4, 0.5) is 24.5 Å². The molecule has 1 fully saturated rings. The van der Waals surface area contributed by atoms with E-state index in [9.17, 15) is 23.3 Å². The number of nitrogens with zero attached hydrogens (tertiary/aromatic N) is 2. The van der Waals surface area contributed by atoms with Gasteiger partial charge >= 0.3 is 6.18 Å². The fourth-order valence-electron chi connectivity index (χ4n) is 2.30. The summed E-state index contributed by atoms with van der Waals surface area (Å²) < 4.78 is 37.8. The van der Waals surface area contributed by atoms with Gasteiger partial charge in [0.05, 0.1) is 10.5 Å². The zero-order valence-corrected chi connectivity index (χ0v) is 10.7. The Morgan fingerprint density at radius 2 is 2.05 bits per heavy atom. The van der Waals surface area contributed by atoms with Crippen LogP contribution in [0.15, 0.2) is 18.2 Å². The Balaban J connectivity index is 2.41. The molecule has 2 unspecified atom stereocenters. The van der Waals surface area contributed by atoms with Gasteiger partial charge in [-0.15, -0.1) is 0 Å². The van der Waals surface area contributed by atoms with Gasteiger partial charge in [-0.05, 0) is 18.1 Å². The van der Waals surface area contributed by atoms with E-state index in [0.717, 1.165) is 12.1 Å². The molecule has 2 rings (SSSR count). The highest BCUT2D eigenvalue weighted by Gasteiger charge is 2.35. The summed E-state index contributed by atoms with van der Waals surface area (Å²) in [7, 11) is 0. The number of nitrogens with two attached hydrogens (primary N) is 1. The Morgan fingerprint density at radius 1 is 1.40 bits per heavy atom. The van der Waals surface area contributed by atoms with Crippen LogP contribution in [-0.2, 0) is 6.18 Å². The van der Waals surface area contributed by atoms with Crippen molar-refractivity contribution in [1.29, 1.82) is 0 Å². The van der Waals surface area contributed by atoms with Gasteiger partial charge in [-0.1, -0.05) is 6.92 Å². The third-order valence-electron chi connectivity index (χ3n) is 3.51. The summed E-state index contributed by atoms with van der Waals surface area (Å²) in [6, 6.07) is 2.43. The van der Waals surface area contributed by atoms with Crippen molar-refractivity contribution in [1.82, 2.24) is 0 Å². The molecule has 2 N–H and O–H groups in total. The lowest BCUT2D eigenvalue weighted by Crippen LogP contribution is -2.28. The Morgan fingerprint density at radius 3 is 2.50 bits per heavy atom. The Hall–Kier alpha value is -1.83. The number of benzene rings is 1. The van der Waals surface area contributed by atoms with Crippen LogP contribution in [0.5, 0.6) is 0 Å². The van der Waals surface area contributed by atoms with E-state index in [1.807, 2.05) is 6.92 Å². The zero-order valence-electron chi connectivity index (χ0n) is 10.7. The van der Waals surface area contributed by atoms with E-state index >= 15 is 0 Å². The van der Waals surface area contributed by atoms with E-state index in [-0.39, 0.29) is 17.6 Å². The molecule has 5 nitrogen and oxygen atoms in total. The zero-order chi connectivity index (χ0) is 15.1. The summed E-state index contributed by atoms with van der Waals surface area (Å²) in [5, 5.41) is 11.0. The third kappa shape index (κ3) is 2.69. The van der Waals surface area contributed by atoms with Crippen molar-refractivity contribution in [3.63, 3.8) is 0 Å². The molecule has 0 radical (unpaired) electrons. The van der Waals surface area contributed by atoms with Crippen molar-refractivity contribution in [2.75, 3.05) is 18.0 Å². The number of hydrogen-bond donors (Lipinski definition) is 1. The Labute approximate surface area is 113 Å².